The van der Waals surface area contributed by atoms with Crippen LogP contribution in [0.1, 0.15) is 5.56 Å². The highest BCUT2D eigenvalue weighted by molar-refractivity contribution is 5.79. The molecule has 1 aromatic carbocycles. The summed E-state index contributed by atoms with van der Waals surface area (Å²) in [5.74, 6) is -0.920. The van der Waals surface area contributed by atoms with Gasteiger partial charge in [0, 0.05) is 31.4 Å². The van der Waals surface area contributed by atoms with Crippen molar-refractivity contribution < 1.29 is 14.6 Å². The highest BCUT2D eigenvalue weighted by Gasteiger charge is 2.33. The van der Waals surface area contributed by atoms with E-state index >= 15 is 0 Å². The van der Waals surface area contributed by atoms with Crippen LogP contribution in [-0.2, 0) is 15.1 Å². The van der Waals surface area contributed by atoms with E-state index in [1.54, 1.807) is 44.7 Å². The monoisotopic (exact) mass is 283 g/mol. The van der Waals surface area contributed by atoms with Crippen molar-refractivity contribution >= 4 is 10.9 Å². The van der Waals surface area contributed by atoms with Crippen LogP contribution in [0.3, 0.4) is 0 Å². The third kappa shape index (κ3) is 2.38. The first-order chi connectivity index (χ1) is 10.1. The molecule has 0 amide bonds. The molecule has 1 heterocycles. The Bertz CT molecular complexity index is 701. The summed E-state index contributed by atoms with van der Waals surface area (Å²) >= 11 is 0. The molecule has 3 rings (SSSR count). The predicted octanol–water partition coefficient (Wildman–Crippen LogP) is 2.54. The molecule has 21 heavy (non-hydrogen) atoms. The van der Waals surface area contributed by atoms with Gasteiger partial charge in [0.05, 0.1) is 5.52 Å². The zero-order valence-electron chi connectivity index (χ0n) is 12.0. The van der Waals surface area contributed by atoms with Gasteiger partial charge in [-0.2, -0.15) is 0 Å². The second kappa shape index (κ2) is 5.07. The number of hydrogen-bond acceptors (Lipinski definition) is 4. The minimum Gasteiger partial charge on any atom is -0.377 e. The van der Waals surface area contributed by atoms with Crippen LogP contribution in [0, 0.1) is 0 Å². The third-order valence-electron chi connectivity index (χ3n) is 3.83. The van der Waals surface area contributed by atoms with Gasteiger partial charge in [-0.1, -0.05) is 18.2 Å². The molecule has 4 heteroatoms. The number of benzene rings is 1. The van der Waals surface area contributed by atoms with Gasteiger partial charge < -0.3 is 14.6 Å². The number of nitrogens with zero attached hydrogens (tertiary/aromatic N) is 1. The number of aromatic nitrogens is 1. The molecule has 0 radical (unpaired) electrons. The Balaban J connectivity index is 2.01. The number of ether oxygens (including phenoxy) is 2. The number of pyridine rings is 1. The molecule has 0 saturated carbocycles. The Morgan fingerprint density at radius 3 is 2.33 bits per heavy atom. The second-order valence-electron chi connectivity index (χ2n) is 5.04. The van der Waals surface area contributed by atoms with E-state index in [-0.39, 0.29) is 0 Å². The van der Waals surface area contributed by atoms with Crippen molar-refractivity contribution in [1.82, 2.24) is 4.98 Å². The number of aliphatic hydroxyl groups is 1. The smallest absolute Gasteiger partial charge is 0.207 e. The molecule has 0 fully saturated rings. The molecule has 108 valence electrons. The van der Waals surface area contributed by atoms with Crippen LogP contribution < -0.4 is 0 Å². The van der Waals surface area contributed by atoms with Crippen LogP contribution >= 0.6 is 0 Å². The van der Waals surface area contributed by atoms with E-state index in [1.165, 1.54) is 0 Å². The largest absolute Gasteiger partial charge is 0.377 e. The van der Waals surface area contributed by atoms with E-state index in [0.29, 0.717) is 5.56 Å². The summed E-state index contributed by atoms with van der Waals surface area (Å²) < 4.78 is 10.6. The van der Waals surface area contributed by atoms with Crippen LogP contribution in [0.2, 0.25) is 0 Å². The van der Waals surface area contributed by atoms with Crippen LogP contribution in [0.25, 0.3) is 10.9 Å². The summed E-state index contributed by atoms with van der Waals surface area (Å²) in [4.78, 5) is 4.39. The SMILES string of the molecule is COC1(OC)C=CC(O)(c2cnc3ccccc3c2)C=C1. The second-order valence-corrected chi connectivity index (χ2v) is 5.04. The Morgan fingerprint density at radius 2 is 1.67 bits per heavy atom. The van der Waals surface area contributed by atoms with Gasteiger partial charge in [0.15, 0.2) is 0 Å². The molecular weight excluding hydrogens is 266 g/mol. The predicted molar refractivity (Wildman–Crippen MR) is 80.7 cm³/mol. The zero-order chi connectivity index (χ0) is 14.9. The molecular formula is C17H17NO3. The first-order valence-electron chi connectivity index (χ1n) is 6.69. The number of hydrogen-bond donors (Lipinski definition) is 1. The van der Waals surface area contributed by atoms with E-state index in [9.17, 15) is 5.11 Å². The van der Waals surface area contributed by atoms with Gasteiger partial charge in [0.2, 0.25) is 5.79 Å². The van der Waals surface area contributed by atoms with Gasteiger partial charge in [-0.3, -0.25) is 4.98 Å². The topological polar surface area (TPSA) is 51.6 Å². The summed E-state index contributed by atoms with van der Waals surface area (Å²) in [6.07, 6.45) is 8.39. The Hall–Kier alpha value is -2.01. The van der Waals surface area contributed by atoms with Crippen molar-refractivity contribution in [1.29, 1.82) is 0 Å². The molecule has 0 atom stereocenters. The molecule has 1 aliphatic carbocycles. The lowest BCUT2D eigenvalue weighted by Crippen LogP contribution is -2.35. The number of para-hydroxylation sites is 1. The molecule has 1 aromatic heterocycles. The van der Waals surface area contributed by atoms with Crippen molar-refractivity contribution in [3.05, 3.63) is 66.4 Å². The highest BCUT2D eigenvalue weighted by atomic mass is 16.7. The molecule has 2 aromatic rings. The van der Waals surface area contributed by atoms with Crippen LogP contribution in [0.15, 0.2) is 60.8 Å². The number of rotatable bonds is 3. The summed E-state index contributed by atoms with van der Waals surface area (Å²) in [6.45, 7) is 0. The Labute approximate surface area is 123 Å². The quantitative estimate of drug-likeness (QED) is 0.694. The van der Waals surface area contributed by atoms with Gasteiger partial charge in [-0.25, -0.2) is 0 Å². The zero-order valence-corrected chi connectivity index (χ0v) is 12.0. The lowest BCUT2D eigenvalue weighted by atomic mass is 9.88. The highest BCUT2D eigenvalue weighted by Crippen LogP contribution is 2.33. The fraction of sp³-hybridized carbons (Fsp3) is 0.235. The number of methoxy groups -OCH3 is 2. The van der Waals surface area contributed by atoms with Crippen LogP contribution in [0.4, 0.5) is 0 Å². The molecule has 1 N–H and O–H groups in total. The van der Waals surface area contributed by atoms with E-state index in [0.717, 1.165) is 10.9 Å². The summed E-state index contributed by atoms with van der Waals surface area (Å²) in [7, 11) is 3.11. The van der Waals surface area contributed by atoms with Gasteiger partial charge in [-0.15, -0.1) is 0 Å². The maximum Gasteiger partial charge on any atom is 0.207 e. The minimum atomic E-state index is -1.21. The molecule has 0 bridgehead atoms. The van der Waals surface area contributed by atoms with Crippen molar-refractivity contribution in [3.63, 3.8) is 0 Å². The molecule has 0 saturated heterocycles. The Morgan fingerprint density at radius 1 is 1.00 bits per heavy atom. The first-order valence-corrected chi connectivity index (χ1v) is 6.69. The van der Waals surface area contributed by atoms with Crippen molar-refractivity contribution in [2.75, 3.05) is 14.2 Å². The lowest BCUT2D eigenvalue weighted by Gasteiger charge is -2.32. The van der Waals surface area contributed by atoms with Crippen LogP contribution in [0.5, 0.6) is 0 Å². The average Bonchev–Trinajstić information content (AvgIpc) is 2.56. The molecule has 0 unspecified atom stereocenters. The average molecular weight is 283 g/mol. The maximum atomic E-state index is 10.8. The molecule has 0 spiro atoms. The molecule has 4 nitrogen and oxygen atoms in total. The van der Waals surface area contributed by atoms with Gasteiger partial charge in [0.25, 0.3) is 0 Å². The lowest BCUT2D eigenvalue weighted by molar-refractivity contribution is -0.136. The van der Waals surface area contributed by atoms with Crippen molar-refractivity contribution in [2.45, 2.75) is 11.4 Å². The van der Waals surface area contributed by atoms with E-state index in [4.69, 9.17) is 9.47 Å². The minimum absolute atomic E-state index is 0.703. The van der Waals surface area contributed by atoms with Crippen LogP contribution in [-0.4, -0.2) is 30.1 Å². The van der Waals surface area contributed by atoms with Crippen molar-refractivity contribution in [2.24, 2.45) is 0 Å². The van der Waals surface area contributed by atoms with E-state index < -0.39 is 11.4 Å². The fourth-order valence-corrected chi connectivity index (χ4v) is 2.44. The van der Waals surface area contributed by atoms with Gasteiger partial charge in [-0.05, 0) is 36.4 Å². The van der Waals surface area contributed by atoms with E-state index in [2.05, 4.69) is 4.98 Å². The normalized spacial score (nSPS) is 19.0. The first kappa shape index (κ1) is 13.9. The van der Waals surface area contributed by atoms with E-state index in [1.807, 2.05) is 30.3 Å². The number of fused-ring (bicyclic) bond motifs is 1. The summed E-state index contributed by atoms with van der Waals surface area (Å²) in [6, 6.07) is 9.74. The summed E-state index contributed by atoms with van der Waals surface area (Å²) in [5, 5.41) is 11.8. The van der Waals surface area contributed by atoms with Gasteiger partial charge in [0.1, 0.15) is 5.60 Å². The Kier molecular flexibility index (Phi) is 3.37. The molecule has 0 aliphatic heterocycles. The van der Waals surface area contributed by atoms with Crippen molar-refractivity contribution in [3.8, 4) is 0 Å². The summed E-state index contributed by atoms with van der Waals surface area (Å²) in [5.41, 5.74) is 0.392. The maximum absolute atomic E-state index is 10.8. The standard InChI is InChI=1S/C17H17NO3/c1-20-17(21-2)9-7-16(19,8-10-17)14-11-13-5-3-4-6-15(13)18-12-14/h3-12,19H,1-2H3. The van der Waals surface area contributed by atoms with Gasteiger partial charge >= 0.3 is 0 Å². The molecule has 1 aliphatic rings. The fourth-order valence-electron chi connectivity index (χ4n) is 2.44. The third-order valence-corrected chi connectivity index (χ3v) is 3.83.